The van der Waals surface area contributed by atoms with E-state index in [2.05, 4.69) is 26.1 Å². The lowest BCUT2D eigenvalue weighted by Crippen LogP contribution is -1.95. The molecule has 0 bridgehead atoms. The first-order valence-electron chi connectivity index (χ1n) is 4.21. The number of hydrogen-bond donors (Lipinski definition) is 1. The number of nitrogens with two attached hydrogens (primary N) is 1. The van der Waals surface area contributed by atoms with E-state index in [0.29, 0.717) is 17.1 Å². The molecule has 0 spiro atoms. The van der Waals surface area contributed by atoms with Gasteiger partial charge in [0.2, 0.25) is 0 Å². The van der Waals surface area contributed by atoms with E-state index in [1.54, 1.807) is 24.3 Å². The van der Waals surface area contributed by atoms with E-state index in [1.165, 1.54) is 6.07 Å². The van der Waals surface area contributed by atoms with E-state index in [0.717, 1.165) is 4.47 Å². The molecule has 0 fully saturated rings. The van der Waals surface area contributed by atoms with Crippen molar-refractivity contribution in [3.8, 4) is 11.3 Å². The lowest BCUT2D eigenvalue weighted by atomic mass is 10.1. The minimum atomic E-state index is -0.336. The summed E-state index contributed by atoms with van der Waals surface area (Å²) >= 11 is 3.27. The van der Waals surface area contributed by atoms with E-state index >= 15 is 0 Å². The van der Waals surface area contributed by atoms with Gasteiger partial charge in [-0.1, -0.05) is 15.9 Å². The largest absolute Gasteiger partial charge is 0.382 e. The van der Waals surface area contributed by atoms with Crippen molar-refractivity contribution in [3.05, 3.63) is 40.6 Å². The fourth-order valence-corrected chi connectivity index (χ4v) is 1.54. The maximum absolute atomic E-state index is 13.4. The van der Waals surface area contributed by atoms with Crippen molar-refractivity contribution in [3.63, 3.8) is 0 Å². The Morgan fingerprint density at radius 2 is 1.93 bits per heavy atom. The van der Waals surface area contributed by atoms with Gasteiger partial charge in [-0.3, -0.25) is 0 Å². The summed E-state index contributed by atoms with van der Waals surface area (Å²) in [6, 6.07) is 7.87. The standard InChI is InChI=1S/C10H7BrFN3/c11-6-1-2-8(12)7(5-6)9-3-4-10(13)15-14-9/h1-5H,(H2,13,15). The second kappa shape index (κ2) is 3.94. The Morgan fingerprint density at radius 3 is 2.60 bits per heavy atom. The van der Waals surface area contributed by atoms with Gasteiger partial charge in [0.25, 0.3) is 0 Å². The number of hydrogen-bond acceptors (Lipinski definition) is 3. The van der Waals surface area contributed by atoms with E-state index in [4.69, 9.17) is 5.73 Å². The number of rotatable bonds is 1. The second-order valence-electron chi connectivity index (χ2n) is 2.97. The molecule has 0 saturated carbocycles. The van der Waals surface area contributed by atoms with Gasteiger partial charge in [0, 0.05) is 10.0 Å². The van der Waals surface area contributed by atoms with Gasteiger partial charge in [-0.05, 0) is 30.3 Å². The van der Waals surface area contributed by atoms with Crippen molar-refractivity contribution >= 4 is 21.7 Å². The number of nitrogens with zero attached hydrogens (tertiary/aromatic N) is 2. The van der Waals surface area contributed by atoms with Crippen LogP contribution in [0.15, 0.2) is 34.8 Å². The van der Waals surface area contributed by atoms with Crippen LogP contribution in [0.1, 0.15) is 0 Å². The summed E-state index contributed by atoms with van der Waals surface area (Å²) in [6.07, 6.45) is 0. The fourth-order valence-electron chi connectivity index (χ4n) is 1.18. The van der Waals surface area contributed by atoms with Crippen molar-refractivity contribution in [1.29, 1.82) is 0 Å². The molecule has 0 atom stereocenters. The maximum Gasteiger partial charge on any atom is 0.146 e. The molecular weight excluding hydrogens is 261 g/mol. The Hall–Kier alpha value is -1.49. The fraction of sp³-hybridized carbons (Fsp3) is 0. The van der Waals surface area contributed by atoms with Gasteiger partial charge < -0.3 is 5.73 Å². The summed E-state index contributed by atoms with van der Waals surface area (Å²) < 4.78 is 14.2. The Morgan fingerprint density at radius 1 is 1.13 bits per heavy atom. The monoisotopic (exact) mass is 267 g/mol. The van der Waals surface area contributed by atoms with Gasteiger partial charge in [0.15, 0.2) is 0 Å². The molecule has 15 heavy (non-hydrogen) atoms. The minimum Gasteiger partial charge on any atom is -0.382 e. The normalized spacial score (nSPS) is 10.3. The summed E-state index contributed by atoms with van der Waals surface area (Å²) in [7, 11) is 0. The first kappa shape index (κ1) is 10.0. The number of benzene rings is 1. The molecule has 1 heterocycles. The number of halogens is 2. The topological polar surface area (TPSA) is 51.8 Å². The van der Waals surface area contributed by atoms with Crippen LogP contribution in [0.4, 0.5) is 10.2 Å². The van der Waals surface area contributed by atoms with Crippen LogP contribution >= 0.6 is 15.9 Å². The average Bonchev–Trinajstić information content (AvgIpc) is 2.23. The van der Waals surface area contributed by atoms with Gasteiger partial charge >= 0.3 is 0 Å². The van der Waals surface area contributed by atoms with E-state index in [9.17, 15) is 4.39 Å². The lowest BCUT2D eigenvalue weighted by Gasteiger charge is -2.02. The highest BCUT2D eigenvalue weighted by Gasteiger charge is 2.07. The molecule has 3 nitrogen and oxygen atoms in total. The zero-order chi connectivity index (χ0) is 10.8. The zero-order valence-electron chi connectivity index (χ0n) is 7.61. The van der Waals surface area contributed by atoms with E-state index < -0.39 is 0 Å². The number of aromatic nitrogens is 2. The van der Waals surface area contributed by atoms with Gasteiger partial charge in [0.05, 0.1) is 5.69 Å². The van der Waals surface area contributed by atoms with Crippen LogP contribution in [-0.2, 0) is 0 Å². The van der Waals surface area contributed by atoms with Crippen molar-refractivity contribution in [1.82, 2.24) is 10.2 Å². The Kier molecular flexibility index (Phi) is 2.64. The highest BCUT2D eigenvalue weighted by Crippen LogP contribution is 2.24. The third-order valence-electron chi connectivity index (χ3n) is 1.89. The van der Waals surface area contributed by atoms with E-state index in [-0.39, 0.29) is 5.82 Å². The molecule has 0 amide bonds. The summed E-state index contributed by atoms with van der Waals surface area (Å²) in [5.74, 6) is -0.0218. The third-order valence-corrected chi connectivity index (χ3v) is 2.38. The molecule has 1 aromatic carbocycles. The Bertz CT molecular complexity index is 485. The summed E-state index contributed by atoms with van der Waals surface area (Å²) in [4.78, 5) is 0. The molecule has 0 aliphatic rings. The van der Waals surface area contributed by atoms with Crippen LogP contribution < -0.4 is 5.73 Å². The zero-order valence-corrected chi connectivity index (χ0v) is 9.20. The summed E-state index contributed by atoms with van der Waals surface area (Å²) in [6.45, 7) is 0. The molecule has 0 aliphatic carbocycles. The molecule has 76 valence electrons. The van der Waals surface area contributed by atoms with Crippen molar-refractivity contribution in [2.75, 3.05) is 5.73 Å². The average molecular weight is 268 g/mol. The third kappa shape index (κ3) is 2.12. The highest BCUT2D eigenvalue weighted by atomic mass is 79.9. The van der Waals surface area contributed by atoms with Crippen LogP contribution in [0.3, 0.4) is 0 Å². The Labute approximate surface area is 94.3 Å². The van der Waals surface area contributed by atoms with Gasteiger partial charge in [-0.25, -0.2) is 4.39 Å². The van der Waals surface area contributed by atoms with Crippen molar-refractivity contribution in [2.24, 2.45) is 0 Å². The molecule has 1 aromatic heterocycles. The van der Waals surface area contributed by atoms with Crippen molar-refractivity contribution in [2.45, 2.75) is 0 Å². The number of anilines is 1. The van der Waals surface area contributed by atoms with Crippen LogP contribution in [-0.4, -0.2) is 10.2 Å². The van der Waals surface area contributed by atoms with E-state index in [1.807, 2.05) is 0 Å². The van der Waals surface area contributed by atoms with Crippen LogP contribution in [0.5, 0.6) is 0 Å². The van der Waals surface area contributed by atoms with Crippen molar-refractivity contribution < 1.29 is 4.39 Å². The lowest BCUT2D eigenvalue weighted by molar-refractivity contribution is 0.630. The van der Waals surface area contributed by atoms with Crippen LogP contribution in [0, 0.1) is 5.82 Å². The minimum absolute atomic E-state index is 0.314. The highest BCUT2D eigenvalue weighted by molar-refractivity contribution is 9.10. The number of nitrogen functional groups attached to an aromatic ring is 1. The molecule has 0 aliphatic heterocycles. The smallest absolute Gasteiger partial charge is 0.146 e. The molecular formula is C10H7BrFN3. The quantitative estimate of drug-likeness (QED) is 0.864. The van der Waals surface area contributed by atoms with Gasteiger partial charge in [-0.2, -0.15) is 0 Å². The second-order valence-corrected chi connectivity index (χ2v) is 3.88. The predicted octanol–water partition coefficient (Wildman–Crippen LogP) is 2.63. The predicted molar refractivity (Wildman–Crippen MR) is 59.5 cm³/mol. The van der Waals surface area contributed by atoms with Crippen LogP contribution in [0.2, 0.25) is 0 Å². The first-order chi connectivity index (χ1) is 7.16. The first-order valence-corrected chi connectivity index (χ1v) is 5.01. The van der Waals surface area contributed by atoms with Gasteiger partial charge in [0.1, 0.15) is 11.6 Å². The Balaban J connectivity index is 2.53. The molecule has 2 N–H and O–H groups in total. The molecule has 5 heteroatoms. The summed E-state index contributed by atoms with van der Waals surface area (Å²) in [5, 5.41) is 7.49. The van der Waals surface area contributed by atoms with Crippen LogP contribution in [0.25, 0.3) is 11.3 Å². The molecule has 2 rings (SSSR count). The molecule has 0 radical (unpaired) electrons. The molecule has 0 saturated heterocycles. The SMILES string of the molecule is Nc1ccc(-c2cc(Br)ccc2F)nn1. The molecule has 2 aromatic rings. The summed E-state index contributed by atoms with van der Waals surface area (Å²) in [5.41, 5.74) is 6.26. The van der Waals surface area contributed by atoms with Gasteiger partial charge in [-0.15, -0.1) is 10.2 Å². The molecule has 0 unspecified atom stereocenters. The maximum atomic E-state index is 13.4.